The van der Waals surface area contributed by atoms with Crippen LogP contribution in [0.15, 0.2) is 54.6 Å². The van der Waals surface area contributed by atoms with Crippen molar-refractivity contribution in [2.24, 2.45) is 0 Å². The molecule has 130 valence electrons. The Morgan fingerprint density at radius 1 is 0.960 bits per heavy atom. The minimum absolute atomic E-state index is 0.0323. The molecule has 0 aliphatic carbocycles. The van der Waals surface area contributed by atoms with Crippen molar-refractivity contribution in [3.05, 3.63) is 54.6 Å². The van der Waals surface area contributed by atoms with Gasteiger partial charge in [-0.3, -0.25) is 20.4 Å². The molecule has 2 aromatic rings. The number of ether oxygens (including phenoxy) is 1. The lowest BCUT2D eigenvalue weighted by Gasteiger charge is -2.13. The molecular weight excluding hydrogens is 338 g/mol. The van der Waals surface area contributed by atoms with Crippen LogP contribution in [0.4, 0.5) is 0 Å². The fourth-order valence-electron chi connectivity index (χ4n) is 2.00. The predicted octanol–water partition coefficient (Wildman–Crippen LogP) is 2.16. The lowest BCUT2D eigenvalue weighted by Crippen LogP contribution is -2.49. The van der Waals surface area contributed by atoms with E-state index in [1.54, 1.807) is 13.0 Å². The number of para-hydroxylation sites is 1. The fraction of sp³-hybridized carbons (Fsp3) is 0.167. The first-order valence-electron chi connectivity index (χ1n) is 7.76. The van der Waals surface area contributed by atoms with Crippen molar-refractivity contribution >= 4 is 29.1 Å². The molecule has 2 aromatic carbocycles. The summed E-state index contributed by atoms with van der Waals surface area (Å²) < 4.78 is 5.61. The van der Waals surface area contributed by atoms with E-state index < -0.39 is 5.91 Å². The highest BCUT2D eigenvalue weighted by Gasteiger charge is 2.09. The van der Waals surface area contributed by atoms with Crippen LogP contribution in [-0.4, -0.2) is 23.5 Å². The van der Waals surface area contributed by atoms with E-state index in [4.69, 9.17) is 17.0 Å². The normalized spacial score (nSPS) is 9.80. The first-order chi connectivity index (χ1) is 12.1. The van der Waals surface area contributed by atoms with Crippen LogP contribution < -0.4 is 20.9 Å². The van der Waals surface area contributed by atoms with Gasteiger partial charge in [0.1, 0.15) is 5.75 Å². The van der Waals surface area contributed by atoms with Crippen molar-refractivity contribution in [1.82, 2.24) is 16.2 Å². The molecular formula is C18H19N3O3S. The minimum atomic E-state index is -0.420. The maximum atomic E-state index is 11.9. The smallest absolute Gasteiger partial charge is 0.276 e. The van der Waals surface area contributed by atoms with E-state index >= 15 is 0 Å². The highest BCUT2D eigenvalue weighted by atomic mass is 32.1. The van der Waals surface area contributed by atoms with Crippen LogP contribution in [0.2, 0.25) is 0 Å². The van der Waals surface area contributed by atoms with E-state index in [2.05, 4.69) is 16.2 Å². The van der Waals surface area contributed by atoms with Crippen molar-refractivity contribution in [3.8, 4) is 16.9 Å². The molecule has 0 heterocycles. The van der Waals surface area contributed by atoms with E-state index in [9.17, 15) is 9.59 Å². The molecule has 0 saturated carbocycles. The molecule has 6 nitrogen and oxygen atoms in total. The monoisotopic (exact) mass is 357 g/mol. The van der Waals surface area contributed by atoms with Gasteiger partial charge in [-0.15, -0.1) is 0 Å². The van der Waals surface area contributed by atoms with Crippen molar-refractivity contribution in [2.75, 3.05) is 6.61 Å². The Labute approximate surface area is 151 Å². The van der Waals surface area contributed by atoms with E-state index in [-0.39, 0.29) is 17.6 Å². The van der Waals surface area contributed by atoms with Crippen molar-refractivity contribution in [1.29, 1.82) is 0 Å². The number of hydrogen-bond acceptors (Lipinski definition) is 4. The quantitative estimate of drug-likeness (QED) is 0.565. The van der Waals surface area contributed by atoms with Crippen LogP contribution in [0.3, 0.4) is 0 Å². The van der Waals surface area contributed by atoms with Gasteiger partial charge in [-0.2, -0.15) is 0 Å². The molecule has 0 aromatic heterocycles. The number of rotatable bonds is 5. The summed E-state index contributed by atoms with van der Waals surface area (Å²) in [5.74, 6) is -0.0542. The number of carbonyl (C=O) groups excluding carboxylic acids is 2. The summed E-state index contributed by atoms with van der Waals surface area (Å²) >= 11 is 4.88. The second-order valence-corrected chi connectivity index (χ2v) is 5.46. The first-order valence-corrected chi connectivity index (χ1v) is 8.17. The zero-order valence-corrected chi connectivity index (χ0v) is 14.6. The van der Waals surface area contributed by atoms with Crippen LogP contribution in [0.1, 0.15) is 13.3 Å². The molecule has 2 amide bonds. The van der Waals surface area contributed by atoms with Crippen LogP contribution in [-0.2, 0) is 9.59 Å². The number of benzene rings is 2. The molecule has 0 spiro atoms. The van der Waals surface area contributed by atoms with Crippen LogP contribution in [0.25, 0.3) is 11.1 Å². The van der Waals surface area contributed by atoms with E-state index in [0.29, 0.717) is 12.2 Å². The average Bonchev–Trinajstić information content (AvgIpc) is 2.65. The molecule has 0 atom stereocenters. The number of thiocarbonyl (C=S) groups is 1. The van der Waals surface area contributed by atoms with E-state index in [1.165, 1.54) is 0 Å². The molecule has 0 aliphatic heterocycles. The van der Waals surface area contributed by atoms with Gasteiger partial charge in [0.15, 0.2) is 11.7 Å². The molecule has 0 unspecified atom stereocenters. The molecule has 0 bridgehead atoms. The Morgan fingerprint density at radius 2 is 1.64 bits per heavy atom. The van der Waals surface area contributed by atoms with Gasteiger partial charge in [-0.25, -0.2) is 0 Å². The van der Waals surface area contributed by atoms with E-state index in [0.717, 1.165) is 11.1 Å². The largest absolute Gasteiger partial charge is 0.483 e. The summed E-state index contributed by atoms with van der Waals surface area (Å²) in [6, 6.07) is 17.2. The highest BCUT2D eigenvalue weighted by molar-refractivity contribution is 7.80. The zero-order valence-electron chi connectivity index (χ0n) is 13.7. The molecule has 25 heavy (non-hydrogen) atoms. The average molecular weight is 357 g/mol. The number of carbonyl (C=O) groups is 2. The Kier molecular flexibility index (Phi) is 6.91. The minimum Gasteiger partial charge on any atom is -0.483 e. The molecule has 0 aliphatic rings. The Morgan fingerprint density at radius 3 is 2.36 bits per heavy atom. The van der Waals surface area contributed by atoms with Crippen molar-refractivity contribution in [3.63, 3.8) is 0 Å². The van der Waals surface area contributed by atoms with Gasteiger partial charge in [0.2, 0.25) is 5.91 Å². The second-order valence-electron chi connectivity index (χ2n) is 5.05. The summed E-state index contributed by atoms with van der Waals surface area (Å²) in [5.41, 5.74) is 6.72. The SMILES string of the molecule is CCC(=O)NC(=S)NNC(=O)COc1ccccc1-c1ccccc1. The van der Waals surface area contributed by atoms with Crippen molar-refractivity contribution < 1.29 is 14.3 Å². The van der Waals surface area contributed by atoms with Gasteiger partial charge < -0.3 is 10.1 Å². The summed E-state index contributed by atoms with van der Waals surface area (Å²) in [5, 5.41) is 2.45. The van der Waals surface area contributed by atoms with E-state index in [1.807, 2.05) is 48.5 Å². The summed E-state index contributed by atoms with van der Waals surface area (Å²) in [4.78, 5) is 23.0. The molecule has 3 N–H and O–H groups in total. The molecule has 0 radical (unpaired) electrons. The third-order valence-electron chi connectivity index (χ3n) is 3.22. The van der Waals surface area contributed by atoms with Gasteiger partial charge in [0.05, 0.1) is 0 Å². The van der Waals surface area contributed by atoms with Crippen LogP contribution >= 0.6 is 12.2 Å². The maximum absolute atomic E-state index is 11.9. The molecule has 0 fully saturated rings. The van der Waals surface area contributed by atoms with Crippen LogP contribution in [0, 0.1) is 0 Å². The van der Waals surface area contributed by atoms with Gasteiger partial charge in [0.25, 0.3) is 5.91 Å². The number of amides is 2. The molecule has 0 saturated heterocycles. The van der Waals surface area contributed by atoms with Crippen molar-refractivity contribution in [2.45, 2.75) is 13.3 Å². The first kappa shape index (κ1) is 18.4. The molecule has 7 heteroatoms. The topological polar surface area (TPSA) is 79.5 Å². The molecule has 2 rings (SSSR count). The highest BCUT2D eigenvalue weighted by Crippen LogP contribution is 2.29. The number of hydrogen-bond donors (Lipinski definition) is 3. The number of hydrazine groups is 1. The van der Waals surface area contributed by atoms with Gasteiger partial charge in [-0.05, 0) is 23.8 Å². The number of nitrogens with one attached hydrogen (secondary N) is 3. The fourth-order valence-corrected chi connectivity index (χ4v) is 2.17. The van der Waals surface area contributed by atoms with Gasteiger partial charge >= 0.3 is 0 Å². The Balaban J connectivity index is 1.88. The second kappa shape index (κ2) is 9.39. The zero-order chi connectivity index (χ0) is 18.1. The standard InChI is InChI=1S/C18H19N3O3S/c1-2-16(22)19-18(25)21-20-17(23)12-24-15-11-7-6-10-14(15)13-8-4-3-5-9-13/h3-11H,2,12H2,1H3,(H,20,23)(H2,19,21,22,25). The lowest BCUT2D eigenvalue weighted by atomic mass is 10.1. The van der Waals surface area contributed by atoms with Gasteiger partial charge in [-0.1, -0.05) is 55.5 Å². The van der Waals surface area contributed by atoms with Gasteiger partial charge in [0, 0.05) is 12.0 Å². The maximum Gasteiger partial charge on any atom is 0.276 e. The van der Waals surface area contributed by atoms with Crippen LogP contribution in [0.5, 0.6) is 5.75 Å². The predicted molar refractivity (Wildman–Crippen MR) is 99.7 cm³/mol. The Hall–Kier alpha value is -2.93. The lowest BCUT2D eigenvalue weighted by molar-refractivity contribution is -0.124. The summed E-state index contributed by atoms with van der Waals surface area (Å²) in [6.45, 7) is 1.51. The third-order valence-corrected chi connectivity index (χ3v) is 3.42. The summed E-state index contributed by atoms with van der Waals surface area (Å²) in [6.07, 6.45) is 0.301. The summed E-state index contributed by atoms with van der Waals surface area (Å²) in [7, 11) is 0. The third kappa shape index (κ3) is 5.89. The Bertz CT molecular complexity index is 750.